The lowest BCUT2D eigenvalue weighted by atomic mass is 10.1. The van der Waals surface area contributed by atoms with Crippen molar-refractivity contribution in [3.63, 3.8) is 0 Å². The van der Waals surface area contributed by atoms with Crippen molar-refractivity contribution in [3.05, 3.63) is 63.1 Å². The lowest BCUT2D eigenvalue weighted by Gasteiger charge is -2.07. The van der Waals surface area contributed by atoms with Crippen LogP contribution >= 0.6 is 34.8 Å². The third-order valence-corrected chi connectivity index (χ3v) is 4.20. The fourth-order valence-corrected chi connectivity index (χ4v) is 2.68. The molecule has 0 saturated heterocycles. The molecule has 3 rings (SSSR count). The van der Waals surface area contributed by atoms with Gasteiger partial charge in [-0.15, -0.1) is 0 Å². The number of carbonyl (C=O) groups is 1. The number of aromatic nitrogens is 2. The first kappa shape index (κ1) is 17.5. The van der Waals surface area contributed by atoms with Crippen molar-refractivity contribution in [2.75, 3.05) is 5.43 Å². The fraction of sp³-hybridized carbons (Fsp3) is 0.0625. The number of amides is 1. The molecule has 2 aromatic carbocycles. The molecule has 3 aromatic rings. The topological polar surface area (TPSA) is 80.0 Å². The number of nitrogens with zero attached hydrogens (tertiary/aromatic N) is 2. The van der Waals surface area contributed by atoms with Crippen molar-refractivity contribution >= 4 is 46.7 Å². The molecule has 0 bridgehead atoms. The number of hydrogen-bond acceptors (Lipinski definition) is 5. The van der Waals surface area contributed by atoms with Gasteiger partial charge in [0.25, 0.3) is 0 Å². The first-order valence-electron chi connectivity index (χ1n) is 7.10. The van der Waals surface area contributed by atoms with E-state index in [1.54, 1.807) is 42.5 Å². The van der Waals surface area contributed by atoms with Crippen LogP contribution < -0.4 is 10.9 Å². The van der Waals surface area contributed by atoms with Gasteiger partial charge in [0.1, 0.15) is 0 Å². The molecular weight excluding hydrogens is 387 g/mol. The molecule has 6 nitrogen and oxygen atoms in total. The summed E-state index contributed by atoms with van der Waals surface area (Å²) in [5.41, 5.74) is 6.28. The summed E-state index contributed by atoms with van der Waals surface area (Å²) in [6, 6.07) is 12.0. The molecule has 0 fully saturated rings. The van der Waals surface area contributed by atoms with Crippen molar-refractivity contribution < 1.29 is 9.32 Å². The third kappa shape index (κ3) is 4.42. The van der Waals surface area contributed by atoms with Gasteiger partial charge in [-0.25, -0.2) is 5.43 Å². The molecule has 0 aliphatic heterocycles. The van der Waals surface area contributed by atoms with Gasteiger partial charge in [0, 0.05) is 20.6 Å². The maximum atomic E-state index is 12.0. The number of hydrazine groups is 1. The SMILES string of the molecule is O=C(Cc1c(Cl)cccc1Cl)NNc1nc(-c2ccc(Cl)cc2)no1. The summed E-state index contributed by atoms with van der Waals surface area (Å²) < 4.78 is 5.03. The number of benzene rings is 2. The molecule has 0 unspecified atom stereocenters. The van der Waals surface area contributed by atoms with E-state index in [0.717, 1.165) is 5.56 Å². The molecule has 1 aromatic heterocycles. The van der Waals surface area contributed by atoms with E-state index in [1.165, 1.54) is 0 Å². The van der Waals surface area contributed by atoms with E-state index in [9.17, 15) is 4.79 Å². The van der Waals surface area contributed by atoms with Crippen LogP contribution in [0.3, 0.4) is 0 Å². The highest BCUT2D eigenvalue weighted by Crippen LogP contribution is 2.24. The zero-order valence-electron chi connectivity index (χ0n) is 12.6. The van der Waals surface area contributed by atoms with Crippen LogP contribution in [-0.4, -0.2) is 16.0 Å². The maximum absolute atomic E-state index is 12.0. The Labute approximate surface area is 158 Å². The normalized spacial score (nSPS) is 10.5. The molecule has 0 spiro atoms. The van der Waals surface area contributed by atoms with Crippen LogP contribution in [0.2, 0.25) is 15.1 Å². The van der Waals surface area contributed by atoms with Gasteiger partial charge in [-0.2, -0.15) is 4.98 Å². The second kappa shape index (κ2) is 7.74. The Morgan fingerprint density at radius 2 is 1.72 bits per heavy atom. The lowest BCUT2D eigenvalue weighted by Crippen LogP contribution is -2.31. The quantitative estimate of drug-likeness (QED) is 0.624. The second-order valence-corrected chi connectivity index (χ2v) is 6.23. The zero-order valence-corrected chi connectivity index (χ0v) is 14.9. The molecule has 0 saturated carbocycles. The van der Waals surface area contributed by atoms with Gasteiger partial charge in [0.05, 0.1) is 6.42 Å². The lowest BCUT2D eigenvalue weighted by molar-refractivity contribution is -0.120. The molecular formula is C16H11Cl3N4O2. The Balaban J connectivity index is 1.60. The summed E-state index contributed by atoms with van der Waals surface area (Å²) in [6.07, 6.45) is 0.00366. The largest absolute Gasteiger partial charge is 0.340 e. The molecule has 0 aliphatic carbocycles. The van der Waals surface area contributed by atoms with Gasteiger partial charge in [0.2, 0.25) is 11.7 Å². The minimum Gasteiger partial charge on any atom is -0.313 e. The fourth-order valence-electron chi connectivity index (χ4n) is 2.02. The summed E-state index contributed by atoms with van der Waals surface area (Å²) in [7, 11) is 0. The highest BCUT2D eigenvalue weighted by Gasteiger charge is 2.12. The number of nitrogens with one attached hydrogen (secondary N) is 2. The summed E-state index contributed by atoms with van der Waals surface area (Å²) in [5.74, 6) is 0.00352. The van der Waals surface area contributed by atoms with Gasteiger partial charge in [-0.1, -0.05) is 46.0 Å². The second-order valence-electron chi connectivity index (χ2n) is 4.98. The average Bonchev–Trinajstić information content (AvgIpc) is 3.06. The Kier molecular flexibility index (Phi) is 5.43. The van der Waals surface area contributed by atoms with Crippen molar-refractivity contribution in [1.29, 1.82) is 0 Å². The minimum absolute atomic E-state index is 0.00366. The molecule has 1 heterocycles. The van der Waals surface area contributed by atoms with E-state index in [-0.39, 0.29) is 18.3 Å². The summed E-state index contributed by atoms with van der Waals surface area (Å²) in [4.78, 5) is 16.1. The highest BCUT2D eigenvalue weighted by atomic mass is 35.5. The monoisotopic (exact) mass is 396 g/mol. The molecule has 0 radical (unpaired) electrons. The highest BCUT2D eigenvalue weighted by molar-refractivity contribution is 6.36. The third-order valence-electron chi connectivity index (χ3n) is 3.24. The minimum atomic E-state index is -0.360. The van der Waals surface area contributed by atoms with Gasteiger partial charge in [0.15, 0.2) is 0 Å². The Bertz CT molecular complexity index is 876. The molecule has 128 valence electrons. The van der Waals surface area contributed by atoms with Gasteiger partial charge in [-0.05, 0) is 42.0 Å². The van der Waals surface area contributed by atoms with E-state index in [1.807, 2.05) is 0 Å². The summed E-state index contributed by atoms with van der Waals surface area (Å²) >= 11 is 17.9. The van der Waals surface area contributed by atoms with Crippen molar-refractivity contribution in [3.8, 4) is 11.4 Å². The van der Waals surface area contributed by atoms with E-state index >= 15 is 0 Å². The molecule has 9 heteroatoms. The summed E-state index contributed by atoms with van der Waals surface area (Å²) in [5, 5.41) is 5.27. The number of rotatable bonds is 5. The van der Waals surface area contributed by atoms with Crippen LogP contribution in [0.15, 0.2) is 47.0 Å². The van der Waals surface area contributed by atoms with Crippen LogP contribution in [-0.2, 0) is 11.2 Å². The summed E-state index contributed by atoms with van der Waals surface area (Å²) in [6.45, 7) is 0. The molecule has 2 N–H and O–H groups in total. The van der Waals surface area contributed by atoms with Crippen LogP contribution in [0.1, 0.15) is 5.56 Å². The molecule has 25 heavy (non-hydrogen) atoms. The maximum Gasteiger partial charge on any atom is 0.340 e. The molecule has 0 atom stereocenters. The number of halogens is 3. The van der Waals surface area contributed by atoms with Crippen LogP contribution in [0.25, 0.3) is 11.4 Å². The van der Waals surface area contributed by atoms with Crippen LogP contribution in [0, 0.1) is 0 Å². The number of hydrogen-bond donors (Lipinski definition) is 2. The van der Waals surface area contributed by atoms with Crippen molar-refractivity contribution in [2.45, 2.75) is 6.42 Å². The van der Waals surface area contributed by atoms with E-state index in [0.29, 0.717) is 26.5 Å². The van der Waals surface area contributed by atoms with Crippen molar-refractivity contribution in [2.24, 2.45) is 0 Å². The molecule has 1 amide bonds. The number of anilines is 1. The standard InChI is InChI=1S/C16H11Cl3N4O2/c17-10-6-4-9(5-7-10)15-20-16(25-23-15)22-21-14(24)8-11-12(18)2-1-3-13(11)19/h1-7H,8H2,(H,21,24)(H,20,22,23). The van der Waals surface area contributed by atoms with Crippen LogP contribution in [0.5, 0.6) is 0 Å². The first-order chi connectivity index (χ1) is 12.0. The van der Waals surface area contributed by atoms with Gasteiger partial charge >= 0.3 is 6.01 Å². The predicted molar refractivity (Wildman–Crippen MR) is 96.7 cm³/mol. The first-order valence-corrected chi connectivity index (χ1v) is 8.23. The Morgan fingerprint density at radius 3 is 2.40 bits per heavy atom. The van der Waals surface area contributed by atoms with E-state index in [4.69, 9.17) is 39.3 Å². The molecule has 0 aliphatic rings. The smallest absolute Gasteiger partial charge is 0.313 e. The average molecular weight is 398 g/mol. The van der Waals surface area contributed by atoms with Crippen molar-refractivity contribution in [1.82, 2.24) is 15.6 Å². The van der Waals surface area contributed by atoms with Gasteiger partial charge < -0.3 is 4.52 Å². The zero-order chi connectivity index (χ0) is 17.8. The Hall–Kier alpha value is -2.28. The van der Waals surface area contributed by atoms with Crippen LogP contribution in [0.4, 0.5) is 6.01 Å². The Morgan fingerprint density at radius 1 is 1.04 bits per heavy atom. The number of carbonyl (C=O) groups excluding carboxylic acids is 1. The van der Waals surface area contributed by atoms with E-state index in [2.05, 4.69) is 21.0 Å². The van der Waals surface area contributed by atoms with Gasteiger partial charge in [-0.3, -0.25) is 10.2 Å². The van der Waals surface area contributed by atoms with E-state index < -0.39 is 0 Å². The predicted octanol–water partition coefficient (Wildman–Crippen LogP) is 4.38.